The summed E-state index contributed by atoms with van der Waals surface area (Å²) in [5.74, 6) is 0. The van der Waals surface area contributed by atoms with Crippen molar-refractivity contribution >= 4 is 6.08 Å². The molecular formula is C31H33NO5. The molecule has 3 heterocycles. The number of hydrogen-bond acceptors (Lipinski definition) is 6. The lowest BCUT2D eigenvalue weighted by Crippen LogP contribution is -2.63. The van der Waals surface area contributed by atoms with Crippen LogP contribution in [0.4, 0.5) is 0 Å². The van der Waals surface area contributed by atoms with E-state index in [9.17, 15) is 0 Å². The Hall–Kier alpha value is -2.84. The van der Waals surface area contributed by atoms with Gasteiger partial charge in [-0.1, -0.05) is 104 Å². The molecule has 3 aromatic rings. The first kappa shape index (κ1) is 24.5. The molecular weight excluding hydrogens is 466 g/mol. The highest BCUT2D eigenvalue weighted by molar-refractivity contribution is 5.49. The summed E-state index contributed by atoms with van der Waals surface area (Å²) >= 11 is 0. The van der Waals surface area contributed by atoms with Gasteiger partial charge in [0.2, 0.25) is 0 Å². The fourth-order valence-electron chi connectivity index (χ4n) is 5.45. The van der Waals surface area contributed by atoms with E-state index in [4.69, 9.17) is 23.7 Å². The number of fused-ring (bicyclic) bond motifs is 3. The Morgan fingerprint density at radius 3 is 2.27 bits per heavy atom. The summed E-state index contributed by atoms with van der Waals surface area (Å²) in [6, 6.07) is 30.4. The van der Waals surface area contributed by atoms with Crippen molar-refractivity contribution < 1.29 is 23.7 Å². The molecule has 0 radical (unpaired) electrons. The molecule has 7 atom stereocenters. The van der Waals surface area contributed by atoms with Gasteiger partial charge in [0.1, 0.15) is 24.5 Å². The van der Waals surface area contributed by atoms with Crippen LogP contribution in [0, 0.1) is 0 Å². The standard InChI is InChI=1S/C31H33NO5/c1-2-32-26(19-18-22-12-6-3-7-13-22)36-29-27(32)31(33-20-23-14-8-4-9-15-23)35-25-21-34-30(37-28(25)29)24-16-10-5-11-17-24/h3-19,25-31H,2,20-21H2,1H3/b19-18+/t25-,26+,27-,28-,29+,30?,31-/m1/s1. The minimum Gasteiger partial charge on any atom is -0.352 e. The zero-order chi connectivity index (χ0) is 25.0. The van der Waals surface area contributed by atoms with Gasteiger partial charge < -0.3 is 23.7 Å². The molecule has 6 nitrogen and oxygen atoms in total. The lowest BCUT2D eigenvalue weighted by atomic mass is 9.95. The molecule has 6 rings (SSSR count). The molecule has 37 heavy (non-hydrogen) atoms. The Balaban J connectivity index is 1.26. The smallest absolute Gasteiger partial charge is 0.184 e. The molecule has 3 fully saturated rings. The van der Waals surface area contributed by atoms with Crippen LogP contribution in [0.2, 0.25) is 0 Å². The molecule has 0 aliphatic carbocycles. The van der Waals surface area contributed by atoms with Gasteiger partial charge in [-0.25, -0.2) is 0 Å². The maximum Gasteiger partial charge on any atom is 0.184 e. The minimum absolute atomic E-state index is 0.116. The summed E-state index contributed by atoms with van der Waals surface area (Å²) in [4.78, 5) is 2.31. The first-order valence-corrected chi connectivity index (χ1v) is 13.1. The van der Waals surface area contributed by atoms with Crippen LogP contribution >= 0.6 is 0 Å². The van der Waals surface area contributed by atoms with Gasteiger partial charge >= 0.3 is 0 Å². The Morgan fingerprint density at radius 2 is 1.54 bits per heavy atom. The normalized spacial score (nSPS) is 31.8. The van der Waals surface area contributed by atoms with Crippen molar-refractivity contribution in [3.63, 3.8) is 0 Å². The highest BCUT2D eigenvalue weighted by atomic mass is 16.8. The average Bonchev–Trinajstić information content (AvgIpc) is 3.35. The van der Waals surface area contributed by atoms with Crippen molar-refractivity contribution in [2.24, 2.45) is 0 Å². The van der Waals surface area contributed by atoms with Gasteiger partial charge in [0.05, 0.1) is 19.3 Å². The maximum atomic E-state index is 6.73. The minimum atomic E-state index is -0.470. The zero-order valence-corrected chi connectivity index (χ0v) is 21.0. The fraction of sp³-hybridized carbons (Fsp3) is 0.355. The molecule has 3 aliphatic heterocycles. The summed E-state index contributed by atoms with van der Waals surface area (Å²) in [5, 5.41) is 0. The van der Waals surface area contributed by atoms with Crippen molar-refractivity contribution in [2.45, 2.75) is 56.7 Å². The van der Waals surface area contributed by atoms with Gasteiger partial charge in [-0.05, 0) is 23.7 Å². The predicted octanol–water partition coefficient (Wildman–Crippen LogP) is 5.17. The van der Waals surface area contributed by atoms with Crippen LogP contribution in [-0.2, 0) is 30.3 Å². The van der Waals surface area contributed by atoms with Gasteiger partial charge in [-0.2, -0.15) is 0 Å². The molecule has 0 bridgehead atoms. The summed E-state index contributed by atoms with van der Waals surface area (Å²) in [7, 11) is 0. The van der Waals surface area contributed by atoms with Crippen molar-refractivity contribution in [1.82, 2.24) is 4.90 Å². The zero-order valence-electron chi connectivity index (χ0n) is 21.0. The van der Waals surface area contributed by atoms with Gasteiger partial charge in [0, 0.05) is 5.56 Å². The van der Waals surface area contributed by atoms with Crippen molar-refractivity contribution in [2.75, 3.05) is 13.2 Å². The van der Waals surface area contributed by atoms with Crippen LogP contribution in [0.15, 0.2) is 97.1 Å². The van der Waals surface area contributed by atoms with Crippen LogP contribution < -0.4 is 0 Å². The van der Waals surface area contributed by atoms with Crippen molar-refractivity contribution in [3.05, 3.63) is 114 Å². The molecule has 0 amide bonds. The lowest BCUT2D eigenvalue weighted by molar-refractivity contribution is -0.343. The molecule has 3 aromatic carbocycles. The molecule has 192 valence electrons. The SMILES string of the molecule is CCN1[C@H]2[C@H](OCc3ccccc3)O[C@@H]3COC(c4ccccc4)O[C@H]3[C@H]2O[C@H]1/C=C/c1ccccc1. The second kappa shape index (κ2) is 11.3. The number of benzene rings is 3. The van der Waals surface area contributed by atoms with Gasteiger partial charge in [-0.15, -0.1) is 0 Å². The average molecular weight is 500 g/mol. The van der Waals surface area contributed by atoms with E-state index in [0.29, 0.717) is 13.2 Å². The second-order valence-electron chi connectivity index (χ2n) is 9.60. The van der Waals surface area contributed by atoms with Crippen LogP contribution in [0.5, 0.6) is 0 Å². The van der Waals surface area contributed by atoms with Gasteiger partial charge in [-0.3, -0.25) is 4.90 Å². The van der Waals surface area contributed by atoms with Gasteiger partial charge in [0.25, 0.3) is 0 Å². The van der Waals surface area contributed by atoms with Crippen LogP contribution in [0.1, 0.15) is 29.9 Å². The quantitative estimate of drug-likeness (QED) is 0.447. The number of likely N-dealkylation sites (N-methyl/N-ethyl adjacent to an activating group) is 1. The Bertz CT molecular complexity index is 1160. The van der Waals surface area contributed by atoms with Gasteiger partial charge in [0.15, 0.2) is 12.6 Å². The van der Waals surface area contributed by atoms with E-state index in [2.05, 4.69) is 48.2 Å². The molecule has 6 heteroatoms. The first-order valence-electron chi connectivity index (χ1n) is 13.1. The molecule has 3 aliphatic rings. The molecule has 0 aromatic heterocycles. The Kier molecular flexibility index (Phi) is 7.46. The van der Waals surface area contributed by atoms with E-state index in [0.717, 1.165) is 23.2 Å². The summed E-state index contributed by atoms with van der Waals surface area (Å²) in [6.45, 7) is 3.81. The van der Waals surface area contributed by atoms with Crippen LogP contribution in [0.25, 0.3) is 6.08 Å². The molecule has 0 spiro atoms. The fourth-order valence-corrected chi connectivity index (χ4v) is 5.45. The van der Waals surface area contributed by atoms with Crippen LogP contribution in [0.3, 0.4) is 0 Å². The molecule has 0 saturated carbocycles. The Morgan fingerprint density at radius 1 is 0.838 bits per heavy atom. The summed E-state index contributed by atoms with van der Waals surface area (Å²) in [6.07, 6.45) is 2.32. The lowest BCUT2D eigenvalue weighted by Gasteiger charge is -2.47. The van der Waals surface area contributed by atoms with E-state index in [1.165, 1.54) is 0 Å². The Labute approximate surface area is 218 Å². The topological polar surface area (TPSA) is 49.4 Å². The number of ether oxygens (including phenoxy) is 5. The number of rotatable bonds is 7. The second-order valence-corrected chi connectivity index (χ2v) is 9.60. The largest absolute Gasteiger partial charge is 0.352 e. The third-order valence-corrected chi connectivity index (χ3v) is 7.26. The highest BCUT2D eigenvalue weighted by Crippen LogP contribution is 2.41. The summed E-state index contributed by atoms with van der Waals surface area (Å²) in [5.41, 5.74) is 3.23. The van der Waals surface area contributed by atoms with E-state index in [1.807, 2.05) is 66.7 Å². The molecule has 1 unspecified atom stereocenters. The third-order valence-electron chi connectivity index (χ3n) is 7.26. The van der Waals surface area contributed by atoms with E-state index >= 15 is 0 Å². The summed E-state index contributed by atoms with van der Waals surface area (Å²) < 4.78 is 32.3. The monoisotopic (exact) mass is 499 g/mol. The molecule has 0 N–H and O–H groups in total. The van der Waals surface area contributed by atoms with Crippen molar-refractivity contribution in [1.29, 1.82) is 0 Å². The van der Waals surface area contributed by atoms with E-state index in [1.54, 1.807) is 0 Å². The number of hydrogen-bond donors (Lipinski definition) is 0. The predicted molar refractivity (Wildman–Crippen MR) is 140 cm³/mol. The number of nitrogens with zero attached hydrogens (tertiary/aromatic N) is 1. The third kappa shape index (κ3) is 5.27. The first-order chi connectivity index (χ1) is 18.3. The maximum absolute atomic E-state index is 6.73. The van der Waals surface area contributed by atoms with Crippen molar-refractivity contribution in [3.8, 4) is 0 Å². The van der Waals surface area contributed by atoms with E-state index < -0.39 is 12.6 Å². The van der Waals surface area contributed by atoms with Crippen LogP contribution in [-0.4, -0.2) is 54.9 Å². The highest BCUT2D eigenvalue weighted by Gasteiger charge is 2.57. The molecule has 3 saturated heterocycles. The van der Waals surface area contributed by atoms with E-state index in [-0.39, 0.29) is 30.6 Å².